The maximum atomic E-state index is 12.4. The lowest BCUT2D eigenvalue weighted by molar-refractivity contribution is -0.126. The van der Waals surface area contributed by atoms with Crippen molar-refractivity contribution in [3.05, 3.63) is 23.8 Å². The van der Waals surface area contributed by atoms with E-state index in [0.29, 0.717) is 23.8 Å². The highest BCUT2D eigenvalue weighted by Gasteiger charge is 2.33. The molecule has 21 heavy (non-hydrogen) atoms. The maximum Gasteiger partial charge on any atom is 0.268 e. The molecule has 2 rings (SSSR count). The average molecular weight is 292 g/mol. The first-order chi connectivity index (χ1) is 9.99. The summed E-state index contributed by atoms with van der Waals surface area (Å²) in [6.07, 6.45) is 0.127. The molecule has 1 aromatic rings. The van der Waals surface area contributed by atoms with E-state index in [1.165, 1.54) is 0 Å². The van der Waals surface area contributed by atoms with Crippen LogP contribution in [0.25, 0.3) is 0 Å². The zero-order valence-corrected chi connectivity index (χ0v) is 12.9. The largest absolute Gasteiger partial charge is 0.478 e. The number of anilines is 1. The van der Waals surface area contributed by atoms with E-state index < -0.39 is 6.10 Å². The number of ether oxygens (including phenoxy) is 1. The van der Waals surface area contributed by atoms with Gasteiger partial charge in [-0.05, 0) is 30.0 Å². The molecule has 0 bridgehead atoms. The van der Waals surface area contributed by atoms with E-state index in [4.69, 9.17) is 10.5 Å². The van der Waals surface area contributed by atoms with Gasteiger partial charge < -0.3 is 20.5 Å². The number of aliphatic hydroxyl groups is 1. The van der Waals surface area contributed by atoms with E-state index in [1.807, 2.05) is 25.1 Å². The summed E-state index contributed by atoms with van der Waals surface area (Å²) in [5.74, 6) is 0.877. The van der Waals surface area contributed by atoms with Crippen LogP contribution in [-0.2, 0) is 4.79 Å². The summed E-state index contributed by atoms with van der Waals surface area (Å²) in [4.78, 5) is 14.0. The number of nitrogens with two attached hydrogens (primary N) is 1. The molecule has 0 fully saturated rings. The Morgan fingerprint density at radius 2 is 2.14 bits per heavy atom. The van der Waals surface area contributed by atoms with Crippen molar-refractivity contribution in [2.24, 2.45) is 11.7 Å². The Morgan fingerprint density at radius 3 is 2.71 bits per heavy atom. The minimum Gasteiger partial charge on any atom is -0.478 e. The molecule has 1 amide bonds. The van der Waals surface area contributed by atoms with Crippen LogP contribution in [0.5, 0.6) is 5.75 Å². The molecule has 0 saturated carbocycles. The van der Waals surface area contributed by atoms with Gasteiger partial charge >= 0.3 is 0 Å². The average Bonchev–Trinajstić information content (AvgIpc) is 2.48. The minimum atomic E-state index is -0.478. The summed E-state index contributed by atoms with van der Waals surface area (Å²) >= 11 is 0. The number of hydrogen-bond donors (Lipinski definition) is 2. The molecule has 0 radical (unpaired) electrons. The number of carbonyl (C=O) groups is 1. The Labute approximate surface area is 125 Å². The first-order valence-electron chi connectivity index (χ1n) is 7.48. The van der Waals surface area contributed by atoms with Gasteiger partial charge in [0.2, 0.25) is 0 Å². The fraction of sp³-hybridized carbons (Fsp3) is 0.562. The number of fused-ring (bicyclic) bond motifs is 1. The van der Waals surface area contributed by atoms with Gasteiger partial charge in [0.15, 0.2) is 6.10 Å². The van der Waals surface area contributed by atoms with Gasteiger partial charge in [-0.15, -0.1) is 0 Å². The number of benzene rings is 1. The molecule has 2 atom stereocenters. The number of amides is 1. The highest BCUT2D eigenvalue weighted by atomic mass is 16.5. The molecule has 3 N–H and O–H groups in total. The lowest BCUT2D eigenvalue weighted by atomic mass is 9.96. The van der Waals surface area contributed by atoms with E-state index >= 15 is 0 Å². The predicted octanol–water partition coefficient (Wildman–Crippen LogP) is 1.84. The van der Waals surface area contributed by atoms with E-state index in [0.717, 1.165) is 5.56 Å². The van der Waals surface area contributed by atoms with E-state index in [-0.39, 0.29) is 25.1 Å². The first kappa shape index (κ1) is 15.8. The molecule has 0 spiro atoms. The van der Waals surface area contributed by atoms with Crippen LogP contribution in [0.4, 0.5) is 5.69 Å². The van der Waals surface area contributed by atoms with Crippen LogP contribution in [0.2, 0.25) is 0 Å². The summed E-state index contributed by atoms with van der Waals surface area (Å²) in [7, 11) is 0. The van der Waals surface area contributed by atoms with Gasteiger partial charge in [0.25, 0.3) is 5.91 Å². The second kappa shape index (κ2) is 6.45. The fourth-order valence-corrected chi connectivity index (χ4v) is 2.52. The quantitative estimate of drug-likeness (QED) is 0.868. The van der Waals surface area contributed by atoms with Gasteiger partial charge in [0, 0.05) is 12.6 Å². The fourth-order valence-electron chi connectivity index (χ4n) is 2.52. The first-order valence-corrected chi connectivity index (χ1v) is 7.48. The Morgan fingerprint density at radius 1 is 1.43 bits per heavy atom. The third-order valence-corrected chi connectivity index (χ3v) is 3.88. The topological polar surface area (TPSA) is 75.8 Å². The number of hydrogen-bond acceptors (Lipinski definition) is 4. The molecule has 5 heteroatoms. The van der Waals surface area contributed by atoms with E-state index in [1.54, 1.807) is 4.90 Å². The third-order valence-electron chi connectivity index (χ3n) is 3.88. The third kappa shape index (κ3) is 3.04. The lowest BCUT2D eigenvalue weighted by Crippen LogP contribution is -2.46. The summed E-state index contributed by atoms with van der Waals surface area (Å²) in [6.45, 7) is 6.22. The van der Waals surface area contributed by atoms with Crippen LogP contribution >= 0.6 is 0 Å². The van der Waals surface area contributed by atoms with Crippen molar-refractivity contribution >= 4 is 11.6 Å². The van der Waals surface area contributed by atoms with Gasteiger partial charge in [-0.2, -0.15) is 0 Å². The highest BCUT2D eigenvalue weighted by Crippen LogP contribution is 2.37. The van der Waals surface area contributed by atoms with Crippen LogP contribution in [0.15, 0.2) is 18.2 Å². The van der Waals surface area contributed by atoms with Crippen molar-refractivity contribution in [1.82, 2.24) is 0 Å². The van der Waals surface area contributed by atoms with Crippen molar-refractivity contribution in [3.63, 3.8) is 0 Å². The Kier molecular flexibility index (Phi) is 4.85. The molecule has 1 heterocycles. The summed E-state index contributed by atoms with van der Waals surface area (Å²) in [5.41, 5.74) is 7.86. The van der Waals surface area contributed by atoms with Crippen molar-refractivity contribution in [3.8, 4) is 5.75 Å². The van der Waals surface area contributed by atoms with Crippen LogP contribution < -0.4 is 15.4 Å². The summed E-state index contributed by atoms with van der Waals surface area (Å²) in [5, 5.41) is 9.23. The van der Waals surface area contributed by atoms with Crippen molar-refractivity contribution in [1.29, 1.82) is 0 Å². The monoisotopic (exact) mass is 292 g/mol. The van der Waals surface area contributed by atoms with Crippen LogP contribution in [0.3, 0.4) is 0 Å². The van der Waals surface area contributed by atoms with Crippen LogP contribution in [-0.4, -0.2) is 30.3 Å². The number of rotatable bonds is 5. The molecule has 0 saturated heterocycles. The molecule has 116 valence electrons. The summed E-state index contributed by atoms with van der Waals surface area (Å²) in [6, 6.07) is 5.62. The standard InChI is InChI=1S/C16H24N2O3/c1-4-13-16(20)18(7-8-19)12-9-11(15(17)10(2)3)5-6-14(12)21-13/h5-6,9-10,13,15,19H,4,7-8,17H2,1-3H3. The number of β-amino-alcohol motifs (C(OH)–C–C–N with tert-alkyl or cyclic N) is 1. The van der Waals surface area contributed by atoms with Crippen LogP contribution in [0.1, 0.15) is 38.8 Å². The Bertz CT molecular complexity index is 516. The molecule has 2 unspecified atom stereocenters. The molecule has 1 aliphatic heterocycles. The minimum absolute atomic E-state index is 0.0813. The van der Waals surface area contributed by atoms with E-state index in [9.17, 15) is 9.90 Å². The van der Waals surface area contributed by atoms with Gasteiger partial charge in [0.05, 0.1) is 12.3 Å². The van der Waals surface area contributed by atoms with Gasteiger partial charge in [-0.1, -0.05) is 26.8 Å². The predicted molar refractivity (Wildman–Crippen MR) is 82.4 cm³/mol. The zero-order chi connectivity index (χ0) is 15.6. The number of nitrogens with zero attached hydrogens (tertiary/aromatic N) is 1. The molecular formula is C16H24N2O3. The molecular weight excluding hydrogens is 268 g/mol. The second-order valence-electron chi connectivity index (χ2n) is 5.73. The van der Waals surface area contributed by atoms with Crippen molar-refractivity contribution < 1.29 is 14.6 Å². The maximum absolute atomic E-state index is 12.4. The molecule has 0 aliphatic carbocycles. The van der Waals surface area contributed by atoms with E-state index in [2.05, 4.69) is 13.8 Å². The lowest BCUT2D eigenvalue weighted by Gasteiger charge is -2.34. The van der Waals surface area contributed by atoms with Crippen molar-refractivity contribution in [2.45, 2.75) is 39.3 Å². The van der Waals surface area contributed by atoms with Gasteiger partial charge in [0.1, 0.15) is 5.75 Å². The Hall–Kier alpha value is -1.59. The Balaban J connectivity index is 2.42. The van der Waals surface area contributed by atoms with Crippen LogP contribution in [0, 0.1) is 5.92 Å². The molecule has 0 aromatic heterocycles. The smallest absolute Gasteiger partial charge is 0.268 e. The molecule has 5 nitrogen and oxygen atoms in total. The number of carbonyl (C=O) groups excluding carboxylic acids is 1. The molecule has 1 aliphatic rings. The summed E-state index contributed by atoms with van der Waals surface area (Å²) < 4.78 is 5.75. The van der Waals surface area contributed by atoms with Gasteiger partial charge in [-0.3, -0.25) is 4.79 Å². The second-order valence-corrected chi connectivity index (χ2v) is 5.73. The SMILES string of the molecule is CCC1Oc2ccc(C(N)C(C)C)cc2N(CCO)C1=O. The highest BCUT2D eigenvalue weighted by molar-refractivity contribution is 6.00. The number of aliphatic hydroxyl groups excluding tert-OH is 1. The van der Waals surface area contributed by atoms with Crippen molar-refractivity contribution in [2.75, 3.05) is 18.1 Å². The molecule has 1 aromatic carbocycles. The normalized spacial score (nSPS) is 19.4. The zero-order valence-electron chi connectivity index (χ0n) is 12.9. The van der Waals surface area contributed by atoms with Gasteiger partial charge in [-0.25, -0.2) is 0 Å².